The lowest BCUT2D eigenvalue weighted by molar-refractivity contribution is -0.604. The number of benzene rings is 2. The van der Waals surface area contributed by atoms with Crippen molar-refractivity contribution in [2.24, 2.45) is 0 Å². The summed E-state index contributed by atoms with van der Waals surface area (Å²) in [6, 6.07) is 16.1. The Kier molecular flexibility index (Phi) is 4.61. The maximum Gasteiger partial charge on any atom is 0.191 e. The zero-order valence-electron chi connectivity index (χ0n) is 15.1. The highest BCUT2D eigenvalue weighted by molar-refractivity contribution is 5.85. The first-order valence-electron chi connectivity index (χ1n) is 8.77. The van der Waals surface area contributed by atoms with Crippen LogP contribution in [0.4, 0.5) is 20.2 Å². The van der Waals surface area contributed by atoms with Crippen molar-refractivity contribution in [1.29, 1.82) is 0 Å². The molecule has 0 amide bonds. The molecule has 0 saturated carbocycles. The highest BCUT2D eigenvalue weighted by Crippen LogP contribution is 2.30. The molecule has 0 fully saturated rings. The standard InChI is InChI=1S/C22H17F2N3O/c1-15-11-18(9-10-25-15)27(17-5-3-2-4-6-17)13-16-12-26(28)14-20-19(16)7-8-21(23)22(20)24/h2-12,14H,13H2,1H3. The molecule has 28 heavy (non-hydrogen) atoms. The van der Waals surface area contributed by atoms with Crippen LogP contribution in [0.1, 0.15) is 11.3 Å². The molecule has 0 aliphatic rings. The zero-order chi connectivity index (χ0) is 19.7. The van der Waals surface area contributed by atoms with Gasteiger partial charge in [0.1, 0.15) is 0 Å². The van der Waals surface area contributed by atoms with E-state index in [1.54, 1.807) is 6.20 Å². The number of hydrogen-bond acceptors (Lipinski definition) is 3. The van der Waals surface area contributed by atoms with E-state index in [2.05, 4.69) is 4.98 Å². The highest BCUT2D eigenvalue weighted by Gasteiger charge is 2.18. The van der Waals surface area contributed by atoms with Gasteiger partial charge >= 0.3 is 0 Å². The van der Waals surface area contributed by atoms with Gasteiger partial charge in [-0.15, -0.1) is 0 Å². The Morgan fingerprint density at radius 1 is 0.964 bits per heavy atom. The van der Waals surface area contributed by atoms with Crippen LogP contribution < -0.4 is 9.63 Å². The van der Waals surface area contributed by atoms with Gasteiger partial charge in [0, 0.05) is 34.2 Å². The number of pyridine rings is 2. The molecule has 4 aromatic rings. The second-order valence-electron chi connectivity index (χ2n) is 6.54. The maximum absolute atomic E-state index is 14.2. The third-order valence-electron chi connectivity index (χ3n) is 4.61. The molecule has 0 aliphatic heterocycles. The number of aromatic nitrogens is 2. The van der Waals surface area contributed by atoms with Crippen LogP contribution in [-0.4, -0.2) is 4.98 Å². The van der Waals surface area contributed by atoms with Crippen molar-refractivity contribution in [2.45, 2.75) is 13.5 Å². The molecule has 0 atom stereocenters. The number of aryl methyl sites for hydroxylation is 1. The number of fused-ring (bicyclic) bond motifs is 1. The van der Waals surface area contributed by atoms with Crippen LogP contribution in [0.25, 0.3) is 10.8 Å². The van der Waals surface area contributed by atoms with Gasteiger partial charge in [0.25, 0.3) is 0 Å². The van der Waals surface area contributed by atoms with E-state index in [1.165, 1.54) is 12.3 Å². The Morgan fingerprint density at radius 3 is 2.50 bits per heavy atom. The fourth-order valence-electron chi connectivity index (χ4n) is 3.29. The average Bonchev–Trinajstić information content (AvgIpc) is 2.70. The van der Waals surface area contributed by atoms with Gasteiger partial charge in [-0.2, -0.15) is 4.73 Å². The molecule has 2 aromatic carbocycles. The van der Waals surface area contributed by atoms with Crippen LogP contribution in [0.5, 0.6) is 0 Å². The monoisotopic (exact) mass is 377 g/mol. The summed E-state index contributed by atoms with van der Waals surface area (Å²) in [5.74, 6) is -2.00. The molecule has 0 spiro atoms. The van der Waals surface area contributed by atoms with Crippen LogP contribution in [0.3, 0.4) is 0 Å². The van der Waals surface area contributed by atoms with E-state index in [0.717, 1.165) is 29.3 Å². The summed E-state index contributed by atoms with van der Waals surface area (Å²) >= 11 is 0. The maximum atomic E-state index is 14.2. The minimum atomic E-state index is -1.02. The summed E-state index contributed by atoms with van der Waals surface area (Å²) in [6.07, 6.45) is 4.16. The predicted octanol–water partition coefficient (Wildman–Crippen LogP) is 4.79. The second kappa shape index (κ2) is 7.23. The average molecular weight is 377 g/mol. The molecular formula is C22H17F2N3O. The van der Waals surface area contributed by atoms with Gasteiger partial charge in [-0.25, -0.2) is 8.78 Å². The number of halogens is 2. The minimum absolute atomic E-state index is 0.0357. The Morgan fingerprint density at radius 2 is 1.75 bits per heavy atom. The largest absolute Gasteiger partial charge is 0.619 e. The summed E-state index contributed by atoms with van der Waals surface area (Å²) in [4.78, 5) is 6.24. The molecular weight excluding hydrogens is 360 g/mol. The van der Waals surface area contributed by atoms with E-state index in [-0.39, 0.29) is 5.39 Å². The molecule has 0 radical (unpaired) electrons. The van der Waals surface area contributed by atoms with Crippen LogP contribution >= 0.6 is 0 Å². The SMILES string of the molecule is Cc1cc(N(Cc2c[n+]([O-])cc3c(F)c(F)ccc23)c2ccccc2)ccn1. The molecule has 0 aliphatic carbocycles. The van der Waals surface area contributed by atoms with E-state index in [0.29, 0.717) is 22.2 Å². The van der Waals surface area contributed by atoms with E-state index in [4.69, 9.17) is 0 Å². The number of nitrogens with zero attached hydrogens (tertiary/aromatic N) is 3. The van der Waals surface area contributed by atoms with Crippen molar-refractivity contribution in [2.75, 3.05) is 4.90 Å². The van der Waals surface area contributed by atoms with Crippen LogP contribution in [-0.2, 0) is 6.54 Å². The van der Waals surface area contributed by atoms with Crippen molar-refractivity contribution in [3.63, 3.8) is 0 Å². The summed E-state index contributed by atoms with van der Waals surface area (Å²) in [7, 11) is 0. The Hall–Kier alpha value is -3.54. The third-order valence-corrected chi connectivity index (χ3v) is 4.61. The second-order valence-corrected chi connectivity index (χ2v) is 6.54. The lowest BCUT2D eigenvalue weighted by atomic mass is 10.1. The van der Waals surface area contributed by atoms with E-state index >= 15 is 0 Å². The van der Waals surface area contributed by atoms with E-state index < -0.39 is 11.6 Å². The fraction of sp³-hybridized carbons (Fsp3) is 0.0909. The van der Waals surface area contributed by atoms with E-state index in [9.17, 15) is 14.0 Å². The third kappa shape index (κ3) is 3.36. The number of anilines is 2. The van der Waals surface area contributed by atoms with Gasteiger partial charge in [0.2, 0.25) is 0 Å². The fourth-order valence-corrected chi connectivity index (χ4v) is 3.29. The Labute approximate surface area is 160 Å². The van der Waals surface area contributed by atoms with Gasteiger partial charge in [-0.05, 0) is 37.3 Å². The zero-order valence-corrected chi connectivity index (χ0v) is 15.1. The molecule has 140 valence electrons. The van der Waals surface area contributed by atoms with Crippen LogP contribution in [0, 0.1) is 23.8 Å². The molecule has 6 heteroatoms. The van der Waals surface area contributed by atoms with Crippen LogP contribution in [0.2, 0.25) is 0 Å². The topological polar surface area (TPSA) is 43.1 Å². The molecule has 0 unspecified atom stereocenters. The van der Waals surface area contributed by atoms with Crippen molar-refractivity contribution < 1.29 is 13.5 Å². The van der Waals surface area contributed by atoms with Gasteiger partial charge < -0.3 is 10.1 Å². The number of rotatable bonds is 4. The lowest BCUT2D eigenvalue weighted by Crippen LogP contribution is -2.27. The first-order chi connectivity index (χ1) is 13.5. The summed E-state index contributed by atoms with van der Waals surface area (Å²) in [6.45, 7) is 2.20. The minimum Gasteiger partial charge on any atom is -0.619 e. The quantitative estimate of drug-likeness (QED) is 0.379. The van der Waals surface area contributed by atoms with Crippen molar-refractivity contribution in [1.82, 2.24) is 4.98 Å². The first-order valence-corrected chi connectivity index (χ1v) is 8.77. The van der Waals surface area contributed by atoms with Crippen molar-refractivity contribution in [3.05, 3.63) is 101 Å². The molecule has 0 bridgehead atoms. The molecule has 0 N–H and O–H groups in total. The molecule has 4 rings (SSSR count). The predicted molar refractivity (Wildman–Crippen MR) is 104 cm³/mol. The summed E-state index contributed by atoms with van der Waals surface area (Å²) in [5.41, 5.74) is 3.23. The van der Waals surface area contributed by atoms with Gasteiger partial charge in [-0.3, -0.25) is 4.98 Å². The highest BCUT2D eigenvalue weighted by atomic mass is 19.2. The molecule has 2 aromatic heterocycles. The van der Waals surface area contributed by atoms with E-state index in [1.807, 2.05) is 54.3 Å². The number of hydrogen-bond donors (Lipinski definition) is 0. The van der Waals surface area contributed by atoms with Gasteiger partial charge in [0.05, 0.1) is 11.9 Å². The molecule has 4 nitrogen and oxygen atoms in total. The molecule has 2 heterocycles. The van der Waals surface area contributed by atoms with Crippen molar-refractivity contribution in [3.8, 4) is 0 Å². The smallest absolute Gasteiger partial charge is 0.191 e. The summed E-state index contributed by atoms with van der Waals surface area (Å²) < 4.78 is 28.4. The summed E-state index contributed by atoms with van der Waals surface area (Å²) in [5, 5.41) is 12.5. The Balaban J connectivity index is 1.87. The van der Waals surface area contributed by atoms with Crippen LogP contribution in [0.15, 0.2) is 73.2 Å². The van der Waals surface area contributed by atoms with Gasteiger partial charge in [-0.1, -0.05) is 24.3 Å². The first kappa shape index (κ1) is 17.9. The Bertz CT molecular complexity index is 1150. The lowest BCUT2D eigenvalue weighted by Gasteiger charge is -2.25. The van der Waals surface area contributed by atoms with Crippen molar-refractivity contribution >= 4 is 22.1 Å². The normalized spacial score (nSPS) is 11.0. The molecule has 0 saturated heterocycles. The van der Waals surface area contributed by atoms with Gasteiger partial charge in [0.15, 0.2) is 24.0 Å². The number of para-hydroxylation sites is 1.